The van der Waals surface area contributed by atoms with Crippen molar-refractivity contribution in [1.29, 1.82) is 0 Å². The topological polar surface area (TPSA) is 67.0 Å². The molecular formula is C14H17N3O2S. The number of thiophene rings is 1. The molecule has 0 aromatic carbocycles. The molecule has 1 amide bonds. The van der Waals surface area contributed by atoms with Gasteiger partial charge in [-0.05, 0) is 17.0 Å². The van der Waals surface area contributed by atoms with Gasteiger partial charge >= 0.3 is 0 Å². The zero-order chi connectivity index (χ0) is 13.9. The van der Waals surface area contributed by atoms with Crippen molar-refractivity contribution >= 4 is 17.2 Å². The lowest BCUT2D eigenvalue weighted by atomic mass is 9.94. The zero-order valence-corrected chi connectivity index (χ0v) is 12.1. The van der Waals surface area contributed by atoms with Gasteiger partial charge in [-0.1, -0.05) is 6.92 Å². The van der Waals surface area contributed by atoms with Gasteiger partial charge in [0.1, 0.15) is 0 Å². The summed E-state index contributed by atoms with van der Waals surface area (Å²) in [5.41, 5.74) is 2.07. The van der Waals surface area contributed by atoms with Crippen molar-refractivity contribution in [2.24, 2.45) is 5.92 Å². The lowest BCUT2D eigenvalue weighted by Crippen LogP contribution is -2.34. The molecule has 0 fully saturated rings. The molecule has 2 atom stereocenters. The normalized spacial score (nSPS) is 19.4. The third-order valence-electron chi connectivity index (χ3n) is 3.59. The Morgan fingerprint density at radius 3 is 3.40 bits per heavy atom. The summed E-state index contributed by atoms with van der Waals surface area (Å²) in [4.78, 5) is 20.5. The first-order chi connectivity index (χ1) is 9.75. The molecule has 3 heterocycles. The number of ether oxygens (including phenoxy) is 1. The molecule has 0 radical (unpaired) electrons. The fraction of sp³-hybridized carbons (Fsp3) is 0.429. The summed E-state index contributed by atoms with van der Waals surface area (Å²) in [6.45, 7) is 3.07. The second kappa shape index (κ2) is 5.76. The highest BCUT2D eigenvalue weighted by Gasteiger charge is 2.31. The van der Waals surface area contributed by atoms with Crippen molar-refractivity contribution in [2.75, 3.05) is 6.61 Å². The molecule has 1 aliphatic rings. The van der Waals surface area contributed by atoms with Crippen LogP contribution in [0.5, 0.6) is 0 Å². The van der Waals surface area contributed by atoms with Crippen LogP contribution in [0.25, 0.3) is 0 Å². The standard InChI is InChI=1S/C14H17N3O2S/c1-9(14(18)16-7-10-6-15-8-17-10)13-11-3-5-20-12(11)2-4-19-13/h3,5-6,8-9,13H,2,4,7H2,1H3,(H,15,17)(H,16,18). The minimum Gasteiger partial charge on any atom is -0.372 e. The van der Waals surface area contributed by atoms with Crippen LogP contribution in [0.4, 0.5) is 0 Å². The largest absolute Gasteiger partial charge is 0.372 e. The third-order valence-corrected chi connectivity index (χ3v) is 4.59. The predicted octanol–water partition coefficient (Wildman–Crippen LogP) is 2.04. The van der Waals surface area contributed by atoms with Crippen LogP contribution < -0.4 is 5.32 Å². The highest BCUT2D eigenvalue weighted by molar-refractivity contribution is 7.10. The lowest BCUT2D eigenvalue weighted by molar-refractivity contribution is -0.130. The number of nitrogens with zero attached hydrogens (tertiary/aromatic N) is 1. The molecule has 3 rings (SSSR count). The third kappa shape index (κ3) is 2.62. The van der Waals surface area contributed by atoms with Gasteiger partial charge in [-0.2, -0.15) is 0 Å². The van der Waals surface area contributed by atoms with Crippen LogP contribution in [0.15, 0.2) is 24.0 Å². The van der Waals surface area contributed by atoms with E-state index in [0.717, 1.165) is 12.1 Å². The number of rotatable bonds is 4. The summed E-state index contributed by atoms with van der Waals surface area (Å²) in [5.74, 6) is -0.199. The van der Waals surface area contributed by atoms with Crippen LogP contribution in [0.3, 0.4) is 0 Å². The molecule has 6 heteroatoms. The van der Waals surface area contributed by atoms with Crippen LogP contribution in [-0.4, -0.2) is 22.5 Å². The molecular weight excluding hydrogens is 274 g/mol. The Balaban J connectivity index is 1.64. The molecule has 0 bridgehead atoms. The first-order valence-electron chi connectivity index (χ1n) is 6.68. The van der Waals surface area contributed by atoms with Crippen molar-refractivity contribution in [3.8, 4) is 0 Å². The van der Waals surface area contributed by atoms with Gasteiger partial charge in [0.2, 0.25) is 5.91 Å². The molecule has 106 valence electrons. The monoisotopic (exact) mass is 291 g/mol. The molecule has 2 unspecified atom stereocenters. The maximum Gasteiger partial charge on any atom is 0.226 e. The summed E-state index contributed by atoms with van der Waals surface area (Å²) in [6, 6.07) is 2.07. The quantitative estimate of drug-likeness (QED) is 0.906. The maximum atomic E-state index is 12.2. The Bertz CT molecular complexity index is 579. The summed E-state index contributed by atoms with van der Waals surface area (Å²) in [5, 5.41) is 4.99. The Hall–Kier alpha value is -1.66. The van der Waals surface area contributed by atoms with Gasteiger partial charge in [-0.15, -0.1) is 11.3 Å². The Morgan fingerprint density at radius 1 is 1.70 bits per heavy atom. The van der Waals surface area contributed by atoms with Crippen LogP contribution in [0.1, 0.15) is 29.2 Å². The number of carbonyl (C=O) groups is 1. The second-order valence-corrected chi connectivity index (χ2v) is 5.92. The summed E-state index contributed by atoms with van der Waals surface area (Å²) in [6.07, 6.45) is 4.13. The van der Waals surface area contributed by atoms with Crippen molar-refractivity contribution in [2.45, 2.75) is 26.0 Å². The molecule has 0 saturated heterocycles. The number of fused-ring (bicyclic) bond motifs is 1. The van der Waals surface area contributed by atoms with Crippen LogP contribution in [-0.2, 0) is 22.5 Å². The number of hydrogen-bond donors (Lipinski definition) is 2. The molecule has 2 aromatic rings. The number of carbonyl (C=O) groups excluding carboxylic acids is 1. The van der Waals surface area contributed by atoms with Gasteiger partial charge in [0.05, 0.1) is 37.2 Å². The van der Waals surface area contributed by atoms with E-state index in [1.54, 1.807) is 23.9 Å². The molecule has 2 aromatic heterocycles. The van der Waals surface area contributed by atoms with Crippen molar-refractivity contribution in [1.82, 2.24) is 15.3 Å². The smallest absolute Gasteiger partial charge is 0.226 e. The highest BCUT2D eigenvalue weighted by atomic mass is 32.1. The average Bonchev–Trinajstić information content (AvgIpc) is 3.14. The molecule has 20 heavy (non-hydrogen) atoms. The van der Waals surface area contributed by atoms with Crippen molar-refractivity contribution in [3.05, 3.63) is 40.1 Å². The van der Waals surface area contributed by atoms with E-state index >= 15 is 0 Å². The number of imidazole rings is 1. The maximum absolute atomic E-state index is 12.2. The first-order valence-corrected chi connectivity index (χ1v) is 7.56. The molecule has 1 aliphatic heterocycles. The molecule has 2 N–H and O–H groups in total. The fourth-order valence-corrected chi connectivity index (χ4v) is 3.35. The molecule has 5 nitrogen and oxygen atoms in total. The summed E-state index contributed by atoms with van der Waals surface area (Å²) >= 11 is 1.74. The van der Waals surface area contributed by atoms with Crippen molar-refractivity contribution < 1.29 is 9.53 Å². The van der Waals surface area contributed by atoms with Gasteiger partial charge in [0.15, 0.2) is 0 Å². The van der Waals surface area contributed by atoms with E-state index in [4.69, 9.17) is 4.74 Å². The Kier molecular flexibility index (Phi) is 3.84. The average molecular weight is 291 g/mol. The fourth-order valence-electron chi connectivity index (χ4n) is 2.45. The minimum atomic E-state index is -0.202. The summed E-state index contributed by atoms with van der Waals surface area (Å²) in [7, 11) is 0. The second-order valence-electron chi connectivity index (χ2n) is 4.92. The Labute approximate surface area is 121 Å². The van der Waals surface area contributed by atoms with E-state index in [0.29, 0.717) is 13.2 Å². The van der Waals surface area contributed by atoms with E-state index in [1.165, 1.54) is 10.4 Å². The van der Waals surface area contributed by atoms with Crippen molar-refractivity contribution in [3.63, 3.8) is 0 Å². The highest BCUT2D eigenvalue weighted by Crippen LogP contribution is 2.35. The Morgan fingerprint density at radius 2 is 2.60 bits per heavy atom. The van der Waals surface area contributed by atoms with Crippen LogP contribution in [0.2, 0.25) is 0 Å². The lowest BCUT2D eigenvalue weighted by Gasteiger charge is -2.27. The summed E-state index contributed by atoms with van der Waals surface area (Å²) < 4.78 is 5.81. The van der Waals surface area contributed by atoms with Gasteiger partial charge in [0, 0.05) is 17.5 Å². The van der Waals surface area contributed by atoms with E-state index in [1.807, 2.05) is 6.92 Å². The molecule has 0 aliphatic carbocycles. The number of aromatic nitrogens is 2. The number of nitrogens with one attached hydrogen (secondary N) is 2. The van der Waals surface area contributed by atoms with E-state index in [2.05, 4.69) is 26.7 Å². The van der Waals surface area contributed by atoms with Gasteiger partial charge in [-0.25, -0.2) is 4.98 Å². The van der Waals surface area contributed by atoms with Gasteiger partial charge in [0.25, 0.3) is 0 Å². The van der Waals surface area contributed by atoms with Crippen LogP contribution >= 0.6 is 11.3 Å². The number of hydrogen-bond acceptors (Lipinski definition) is 4. The minimum absolute atomic E-state index is 0.00338. The first kappa shape index (κ1) is 13.3. The number of H-pyrrole nitrogens is 1. The number of amides is 1. The van der Waals surface area contributed by atoms with Gasteiger partial charge < -0.3 is 15.0 Å². The van der Waals surface area contributed by atoms with E-state index < -0.39 is 0 Å². The molecule has 0 spiro atoms. The predicted molar refractivity (Wildman–Crippen MR) is 76.3 cm³/mol. The number of aromatic amines is 1. The van der Waals surface area contributed by atoms with E-state index in [-0.39, 0.29) is 17.9 Å². The van der Waals surface area contributed by atoms with E-state index in [9.17, 15) is 4.79 Å². The SMILES string of the molecule is CC(C(=O)NCc1cnc[nH]1)C1OCCc2sccc21. The zero-order valence-electron chi connectivity index (χ0n) is 11.3. The van der Waals surface area contributed by atoms with Gasteiger partial charge in [-0.3, -0.25) is 4.79 Å². The van der Waals surface area contributed by atoms with Crippen LogP contribution in [0, 0.1) is 5.92 Å². The molecule has 0 saturated carbocycles.